The molecule has 4 aromatic heterocycles. The number of aromatic nitrogens is 8. The molecule has 11 nitrogen and oxygen atoms in total. The Balaban J connectivity index is 0.000000168. The van der Waals surface area contributed by atoms with E-state index in [1.54, 1.807) is 12.7 Å². The number of nitrogens with zero attached hydrogens (tertiary/aromatic N) is 6. The number of rotatable bonds is 4. The summed E-state index contributed by atoms with van der Waals surface area (Å²) in [7, 11) is 0. The van der Waals surface area contributed by atoms with Crippen molar-refractivity contribution in [3.63, 3.8) is 0 Å². The lowest BCUT2D eigenvalue weighted by molar-refractivity contribution is 0.824. The SMILES string of the molecule is Nc1nc(Sc2ccc(Cl)cc2)c2[nH]cnc2n1.Nc1nc(Sc2ccc(Cl)cc2)c2[nH]cnc2n1.O. The van der Waals surface area contributed by atoms with Crippen molar-refractivity contribution in [2.24, 2.45) is 0 Å². The van der Waals surface area contributed by atoms with Crippen LogP contribution in [0.4, 0.5) is 11.9 Å². The zero-order valence-electron chi connectivity index (χ0n) is 18.7. The number of aromatic amines is 2. The number of imidazole rings is 2. The van der Waals surface area contributed by atoms with Gasteiger partial charge in [-0.2, -0.15) is 9.97 Å². The highest BCUT2D eigenvalue weighted by atomic mass is 35.5. The summed E-state index contributed by atoms with van der Waals surface area (Å²) in [6.45, 7) is 0. The minimum Gasteiger partial charge on any atom is -0.412 e. The fourth-order valence-electron chi connectivity index (χ4n) is 3.02. The third-order valence-electron chi connectivity index (χ3n) is 4.60. The van der Waals surface area contributed by atoms with E-state index in [-0.39, 0.29) is 17.4 Å². The Hall–Kier alpha value is -3.62. The Labute approximate surface area is 228 Å². The minimum atomic E-state index is 0. The van der Waals surface area contributed by atoms with Crippen LogP contribution in [0.25, 0.3) is 22.3 Å². The number of halogens is 2. The predicted molar refractivity (Wildman–Crippen MR) is 147 cm³/mol. The highest BCUT2D eigenvalue weighted by Crippen LogP contribution is 2.32. The smallest absolute Gasteiger partial charge is 0.223 e. The van der Waals surface area contributed by atoms with Crippen LogP contribution in [0.5, 0.6) is 0 Å². The molecule has 0 aliphatic heterocycles. The number of hydrogen-bond acceptors (Lipinski definition) is 10. The molecule has 188 valence electrons. The molecule has 4 heterocycles. The standard InChI is InChI=1S/2C11H8ClN5S.H2O/c2*12-6-1-3-7(4-2-6)18-10-8-9(15-5-14-8)16-11(13)17-10;/h2*1-5H,(H3,13,14,15,16,17);1H2. The summed E-state index contributed by atoms with van der Waals surface area (Å²) in [4.78, 5) is 32.7. The Morgan fingerprint density at radius 1 is 0.595 bits per heavy atom. The first kappa shape index (κ1) is 26.4. The van der Waals surface area contributed by atoms with E-state index >= 15 is 0 Å². The predicted octanol–water partition coefficient (Wildman–Crippen LogP) is 4.65. The molecule has 0 aliphatic carbocycles. The fraction of sp³-hybridized carbons (Fsp3) is 0. The Morgan fingerprint density at radius 2 is 0.973 bits per heavy atom. The average molecular weight is 573 g/mol. The van der Waals surface area contributed by atoms with Crippen LogP contribution in [0.3, 0.4) is 0 Å². The molecule has 0 spiro atoms. The van der Waals surface area contributed by atoms with Gasteiger partial charge in [-0.25, -0.2) is 19.9 Å². The molecule has 0 saturated carbocycles. The van der Waals surface area contributed by atoms with E-state index in [1.165, 1.54) is 23.5 Å². The lowest BCUT2D eigenvalue weighted by Crippen LogP contribution is -1.96. The van der Waals surface area contributed by atoms with Gasteiger partial charge in [0.2, 0.25) is 11.9 Å². The molecule has 0 bridgehead atoms. The number of nitrogens with two attached hydrogens (primary N) is 2. The second-order valence-electron chi connectivity index (χ2n) is 7.09. The van der Waals surface area contributed by atoms with Crippen LogP contribution in [0, 0.1) is 0 Å². The summed E-state index contributed by atoms with van der Waals surface area (Å²) in [5, 5.41) is 2.90. The molecule has 0 saturated heterocycles. The molecule has 0 amide bonds. The van der Waals surface area contributed by atoms with Gasteiger partial charge in [-0.05, 0) is 48.5 Å². The van der Waals surface area contributed by atoms with Crippen LogP contribution in [0.1, 0.15) is 0 Å². The van der Waals surface area contributed by atoms with Crippen LogP contribution in [-0.2, 0) is 0 Å². The quantitative estimate of drug-likeness (QED) is 0.216. The summed E-state index contributed by atoms with van der Waals surface area (Å²) in [5.74, 6) is 0.428. The lowest BCUT2D eigenvalue weighted by atomic mass is 10.4. The van der Waals surface area contributed by atoms with E-state index in [4.69, 9.17) is 34.7 Å². The zero-order valence-corrected chi connectivity index (χ0v) is 21.8. The van der Waals surface area contributed by atoms with Gasteiger partial charge in [0.25, 0.3) is 0 Å². The lowest BCUT2D eigenvalue weighted by Gasteiger charge is -2.02. The molecule has 8 N–H and O–H groups in total. The molecule has 0 aliphatic rings. The average Bonchev–Trinajstić information content (AvgIpc) is 3.52. The Kier molecular flexibility index (Phi) is 8.31. The molecule has 0 fully saturated rings. The van der Waals surface area contributed by atoms with Crippen LogP contribution >= 0.6 is 46.7 Å². The minimum absolute atomic E-state index is 0. The van der Waals surface area contributed by atoms with Gasteiger partial charge in [0, 0.05) is 19.8 Å². The van der Waals surface area contributed by atoms with Gasteiger partial charge in [-0.1, -0.05) is 46.7 Å². The normalized spacial score (nSPS) is 10.6. The van der Waals surface area contributed by atoms with Gasteiger partial charge in [-0.15, -0.1) is 0 Å². The topological polar surface area (TPSA) is 192 Å². The summed E-state index contributed by atoms with van der Waals surface area (Å²) in [5.41, 5.74) is 14.0. The second-order valence-corrected chi connectivity index (χ2v) is 10.1. The number of H-pyrrole nitrogens is 2. The first-order valence-corrected chi connectivity index (χ1v) is 12.6. The van der Waals surface area contributed by atoms with Crippen molar-refractivity contribution in [3.05, 3.63) is 71.2 Å². The van der Waals surface area contributed by atoms with Gasteiger partial charge in [0.1, 0.15) is 21.1 Å². The van der Waals surface area contributed by atoms with E-state index < -0.39 is 0 Å². The van der Waals surface area contributed by atoms with Crippen LogP contribution in [0.2, 0.25) is 10.0 Å². The zero-order chi connectivity index (χ0) is 25.1. The van der Waals surface area contributed by atoms with Gasteiger partial charge in [-0.3, -0.25) is 0 Å². The van der Waals surface area contributed by atoms with Crippen molar-refractivity contribution in [2.45, 2.75) is 19.8 Å². The third-order valence-corrected chi connectivity index (χ3v) is 7.09. The maximum absolute atomic E-state index is 5.85. The van der Waals surface area contributed by atoms with E-state index in [1.807, 2.05) is 48.5 Å². The van der Waals surface area contributed by atoms with Crippen LogP contribution in [0.15, 0.2) is 81.0 Å². The van der Waals surface area contributed by atoms with E-state index in [2.05, 4.69) is 39.9 Å². The monoisotopic (exact) mass is 572 g/mol. The maximum atomic E-state index is 5.85. The highest BCUT2D eigenvalue weighted by molar-refractivity contribution is 7.99. The molecule has 0 atom stereocenters. The number of nitrogens with one attached hydrogen (secondary N) is 2. The summed E-state index contributed by atoms with van der Waals surface area (Å²) >= 11 is 14.7. The number of nitrogen functional groups attached to an aromatic ring is 2. The van der Waals surface area contributed by atoms with E-state index in [0.29, 0.717) is 21.3 Å². The van der Waals surface area contributed by atoms with Gasteiger partial charge < -0.3 is 26.9 Å². The van der Waals surface area contributed by atoms with Crippen molar-refractivity contribution < 1.29 is 5.48 Å². The van der Waals surface area contributed by atoms with E-state index in [9.17, 15) is 0 Å². The van der Waals surface area contributed by atoms with Crippen molar-refractivity contribution in [1.29, 1.82) is 0 Å². The fourth-order valence-corrected chi connectivity index (χ4v) is 5.05. The summed E-state index contributed by atoms with van der Waals surface area (Å²) in [6.07, 6.45) is 3.15. The molecular weight excluding hydrogens is 555 g/mol. The molecule has 0 unspecified atom stereocenters. The third kappa shape index (κ3) is 6.39. The van der Waals surface area contributed by atoms with Crippen molar-refractivity contribution >= 4 is 81.0 Å². The summed E-state index contributed by atoms with van der Waals surface area (Å²) in [6, 6.07) is 15.0. The van der Waals surface area contributed by atoms with Crippen molar-refractivity contribution in [2.75, 3.05) is 11.5 Å². The molecule has 37 heavy (non-hydrogen) atoms. The Morgan fingerprint density at radius 3 is 1.35 bits per heavy atom. The first-order valence-electron chi connectivity index (χ1n) is 10.2. The number of anilines is 2. The van der Waals surface area contributed by atoms with Crippen LogP contribution in [-0.4, -0.2) is 45.3 Å². The highest BCUT2D eigenvalue weighted by Gasteiger charge is 2.11. The molecular formula is C22H18Cl2N10OS2. The van der Waals surface area contributed by atoms with Crippen LogP contribution < -0.4 is 11.5 Å². The first-order chi connectivity index (χ1) is 17.4. The van der Waals surface area contributed by atoms with Gasteiger partial charge >= 0.3 is 0 Å². The van der Waals surface area contributed by atoms with E-state index in [0.717, 1.165) is 30.9 Å². The van der Waals surface area contributed by atoms with Crippen molar-refractivity contribution in [3.8, 4) is 0 Å². The van der Waals surface area contributed by atoms with Crippen molar-refractivity contribution in [1.82, 2.24) is 39.9 Å². The second kappa shape index (κ2) is 11.6. The van der Waals surface area contributed by atoms with Gasteiger partial charge in [0.05, 0.1) is 12.7 Å². The molecule has 2 aromatic carbocycles. The largest absolute Gasteiger partial charge is 0.412 e. The molecule has 0 radical (unpaired) electrons. The maximum Gasteiger partial charge on any atom is 0.223 e. The summed E-state index contributed by atoms with van der Waals surface area (Å²) < 4.78 is 0. The number of fused-ring (bicyclic) bond motifs is 2. The Bertz CT molecular complexity index is 1520. The number of hydrogen-bond donors (Lipinski definition) is 4. The molecule has 15 heteroatoms. The molecule has 6 aromatic rings. The van der Waals surface area contributed by atoms with Gasteiger partial charge in [0.15, 0.2) is 11.3 Å². The number of benzene rings is 2. The molecule has 6 rings (SSSR count).